The maximum atomic E-state index is 13.2. The first-order chi connectivity index (χ1) is 17.8. The zero-order valence-corrected chi connectivity index (χ0v) is 20.8. The van der Waals surface area contributed by atoms with Crippen molar-refractivity contribution in [3.05, 3.63) is 86.7 Å². The Hall–Kier alpha value is -4.38. The van der Waals surface area contributed by atoms with Gasteiger partial charge >= 0.3 is 11.9 Å². The summed E-state index contributed by atoms with van der Waals surface area (Å²) in [5.74, 6) is -1.06. The number of nitrogens with one attached hydrogen (secondary N) is 1. The maximum Gasteiger partial charge on any atom is 0.336 e. The summed E-state index contributed by atoms with van der Waals surface area (Å²) in [6, 6.07) is 12.7. The lowest BCUT2D eigenvalue weighted by molar-refractivity contribution is -0.384. The second-order valence-corrected chi connectivity index (χ2v) is 8.07. The normalized spacial score (nSPS) is 15.1. The third-order valence-electron chi connectivity index (χ3n) is 5.60. The molecular weight excluding hydrogens is 482 g/mol. The minimum Gasteiger partial charge on any atom is -0.492 e. The zero-order valence-electron chi connectivity index (χ0n) is 20.8. The van der Waals surface area contributed by atoms with Gasteiger partial charge in [-0.3, -0.25) is 10.1 Å². The summed E-state index contributed by atoms with van der Waals surface area (Å²) in [4.78, 5) is 36.7. The highest BCUT2D eigenvalue weighted by atomic mass is 16.6. The van der Waals surface area contributed by atoms with Gasteiger partial charge in [-0.2, -0.15) is 0 Å². The van der Waals surface area contributed by atoms with Gasteiger partial charge in [0.2, 0.25) is 0 Å². The van der Waals surface area contributed by atoms with Crippen LogP contribution in [-0.2, 0) is 19.1 Å². The molecule has 1 atom stereocenters. The van der Waals surface area contributed by atoms with E-state index in [1.165, 1.54) is 25.3 Å². The van der Waals surface area contributed by atoms with Crippen LogP contribution in [0.1, 0.15) is 25.3 Å². The number of esters is 2. The number of nitro benzene ring substituents is 1. The molecule has 1 aliphatic rings. The number of ether oxygens (including phenoxy) is 4. The van der Waals surface area contributed by atoms with Gasteiger partial charge in [-0.25, -0.2) is 9.59 Å². The van der Waals surface area contributed by atoms with Crippen molar-refractivity contribution in [2.75, 3.05) is 33.5 Å². The number of hydrogen-bond donors (Lipinski definition) is 2. The van der Waals surface area contributed by atoms with Crippen LogP contribution in [0, 0.1) is 10.1 Å². The smallest absolute Gasteiger partial charge is 0.336 e. The topological polar surface area (TPSA) is 152 Å². The number of nitro groups is 1. The highest BCUT2D eigenvalue weighted by Crippen LogP contribution is 2.40. The average Bonchev–Trinajstić information content (AvgIpc) is 2.89. The van der Waals surface area contributed by atoms with Crippen LogP contribution in [0.15, 0.2) is 71.1 Å². The predicted molar refractivity (Wildman–Crippen MR) is 134 cm³/mol. The molecule has 0 saturated carbocycles. The van der Waals surface area contributed by atoms with Crippen molar-refractivity contribution < 1.29 is 33.5 Å². The molecule has 0 saturated heterocycles. The summed E-state index contributed by atoms with van der Waals surface area (Å²) in [6.07, 6.45) is 0. The third-order valence-corrected chi connectivity index (χ3v) is 5.60. The van der Waals surface area contributed by atoms with Gasteiger partial charge in [-0.15, -0.1) is 0 Å². The number of non-ortho nitro benzene ring substituents is 1. The third kappa shape index (κ3) is 6.64. The van der Waals surface area contributed by atoms with Crippen LogP contribution in [0.5, 0.6) is 11.5 Å². The number of allylic oxidation sites excluding steroid dienone is 2. The molecule has 196 valence electrons. The second kappa shape index (κ2) is 12.5. The van der Waals surface area contributed by atoms with Gasteiger partial charge in [0.15, 0.2) is 0 Å². The first kappa shape index (κ1) is 27.2. The van der Waals surface area contributed by atoms with Crippen LogP contribution in [0.2, 0.25) is 0 Å². The van der Waals surface area contributed by atoms with E-state index in [1.54, 1.807) is 44.2 Å². The summed E-state index contributed by atoms with van der Waals surface area (Å²) in [7, 11) is 1.23. The minimum absolute atomic E-state index is 0.0705. The minimum atomic E-state index is -0.928. The summed E-state index contributed by atoms with van der Waals surface area (Å²) in [5, 5.41) is 14.4. The van der Waals surface area contributed by atoms with Gasteiger partial charge < -0.3 is 30.0 Å². The fourth-order valence-electron chi connectivity index (χ4n) is 3.98. The Morgan fingerprint density at radius 1 is 0.946 bits per heavy atom. The van der Waals surface area contributed by atoms with Crippen LogP contribution in [-0.4, -0.2) is 50.3 Å². The lowest BCUT2D eigenvalue weighted by atomic mass is 9.80. The Kier molecular flexibility index (Phi) is 9.22. The fraction of sp³-hybridized carbons (Fsp3) is 0.308. The van der Waals surface area contributed by atoms with Gasteiger partial charge in [-0.1, -0.05) is 12.1 Å². The van der Waals surface area contributed by atoms with Gasteiger partial charge in [-0.05, 0) is 43.7 Å². The molecular formula is C26H29N3O8. The first-order valence-electron chi connectivity index (χ1n) is 11.5. The average molecular weight is 512 g/mol. The van der Waals surface area contributed by atoms with Gasteiger partial charge in [0.05, 0.1) is 29.1 Å². The Morgan fingerprint density at radius 3 is 2.11 bits per heavy atom. The van der Waals surface area contributed by atoms with Crippen LogP contribution < -0.4 is 20.5 Å². The molecule has 2 aromatic carbocycles. The van der Waals surface area contributed by atoms with Crippen LogP contribution in [0.3, 0.4) is 0 Å². The second-order valence-electron chi connectivity index (χ2n) is 8.07. The quantitative estimate of drug-likeness (QED) is 0.199. The molecule has 3 N–H and O–H groups in total. The molecule has 37 heavy (non-hydrogen) atoms. The van der Waals surface area contributed by atoms with Crippen molar-refractivity contribution in [2.45, 2.75) is 19.8 Å². The molecule has 0 spiro atoms. The zero-order chi connectivity index (χ0) is 26.9. The Balaban J connectivity index is 1.77. The molecule has 1 heterocycles. The highest BCUT2D eigenvalue weighted by Gasteiger charge is 2.38. The van der Waals surface area contributed by atoms with Crippen molar-refractivity contribution in [1.29, 1.82) is 0 Å². The summed E-state index contributed by atoms with van der Waals surface area (Å²) >= 11 is 0. The highest BCUT2D eigenvalue weighted by molar-refractivity contribution is 5.99. The number of carbonyl (C=O) groups is 2. The van der Waals surface area contributed by atoms with Gasteiger partial charge in [0.25, 0.3) is 5.69 Å². The first-order valence-corrected chi connectivity index (χ1v) is 11.5. The molecule has 0 radical (unpaired) electrons. The van der Waals surface area contributed by atoms with E-state index in [9.17, 15) is 19.7 Å². The number of benzene rings is 2. The van der Waals surface area contributed by atoms with Crippen LogP contribution in [0.25, 0.3) is 0 Å². The van der Waals surface area contributed by atoms with E-state index >= 15 is 0 Å². The Morgan fingerprint density at radius 2 is 1.54 bits per heavy atom. The summed E-state index contributed by atoms with van der Waals surface area (Å²) < 4.78 is 21.5. The largest absolute Gasteiger partial charge is 0.492 e. The number of rotatable bonds is 11. The number of methoxy groups -OCH3 is 1. The molecule has 11 heteroatoms. The molecule has 1 aliphatic heterocycles. The molecule has 11 nitrogen and oxygen atoms in total. The lowest BCUT2D eigenvalue weighted by Crippen LogP contribution is -2.32. The number of nitrogens with zero attached hydrogens (tertiary/aromatic N) is 1. The van der Waals surface area contributed by atoms with Crippen molar-refractivity contribution >= 4 is 17.6 Å². The number of hydrogen-bond acceptors (Lipinski definition) is 10. The monoisotopic (exact) mass is 511 g/mol. The summed E-state index contributed by atoms with van der Waals surface area (Å²) in [6.45, 7) is 4.16. The van der Waals surface area contributed by atoms with E-state index in [-0.39, 0.29) is 30.0 Å². The van der Waals surface area contributed by atoms with E-state index in [4.69, 9.17) is 24.7 Å². The van der Waals surface area contributed by atoms with E-state index in [1.807, 2.05) is 0 Å². The molecule has 0 fully saturated rings. The van der Waals surface area contributed by atoms with Crippen molar-refractivity contribution in [3.63, 3.8) is 0 Å². The molecule has 0 aliphatic carbocycles. The van der Waals surface area contributed by atoms with Crippen molar-refractivity contribution in [1.82, 2.24) is 5.32 Å². The SMILES string of the molecule is COC(=O)C1=C(C)NC(C)=C(C(=O)OCCOc2ccc(OCCN)cc2)C1c1cccc([N+](=O)[O-])c1. The van der Waals surface area contributed by atoms with Crippen molar-refractivity contribution in [3.8, 4) is 11.5 Å². The van der Waals surface area contributed by atoms with Gasteiger partial charge in [0, 0.05) is 30.1 Å². The van der Waals surface area contributed by atoms with Crippen LogP contribution >= 0.6 is 0 Å². The molecule has 3 rings (SSSR count). The lowest BCUT2D eigenvalue weighted by Gasteiger charge is -2.30. The molecule has 1 unspecified atom stereocenters. The van der Waals surface area contributed by atoms with Crippen molar-refractivity contribution in [2.24, 2.45) is 5.73 Å². The Labute approximate surface area is 214 Å². The predicted octanol–water partition coefficient (Wildman–Crippen LogP) is 2.96. The Bertz CT molecular complexity index is 1220. The fourth-order valence-corrected chi connectivity index (χ4v) is 3.98. The molecule has 0 aromatic heterocycles. The van der Waals surface area contributed by atoms with E-state index < -0.39 is 22.8 Å². The number of carbonyl (C=O) groups excluding carboxylic acids is 2. The summed E-state index contributed by atoms with van der Waals surface area (Å²) in [5.41, 5.74) is 6.87. The van der Waals surface area contributed by atoms with E-state index in [0.717, 1.165) is 0 Å². The van der Waals surface area contributed by atoms with E-state index in [2.05, 4.69) is 5.32 Å². The van der Waals surface area contributed by atoms with Crippen LogP contribution in [0.4, 0.5) is 5.69 Å². The number of nitrogens with two attached hydrogens (primary N) is 1. The standard InChI is InChI=1S/C26H29N3O8/c1-16-22(25(30)34-3)24(18-5-4-6-19(15-18)29(32)33)23(17(2)28-16)26(31)37-14-13-36-21-9-7-20(8-10-21)35-12-11-27/h4-10,15,24,28H,11-14,27H2,1-3H3. The van der Waals surface area contributed by atoms with E-state index in [0.29, 0.717) is 41.6 Å². The molecule has 0 bridgehead atoms. The molecule has 2 aromatic rings. The number of dihydropyridines is 1. The van der Waals surface area contributed by atoms with Gasteiger partial charge in [0.1, 0.15) is 31.3 Å². The molecule has 0 amide bonds. The maximum absolute atomic E-state index is 13.2.